The average Bonchev–Trinajstić information content (AvgIpc) is 2.44. The van der Waals surface area contributed by atoms with Crippen molar-refractivity contribution < 1.29 is 19.4 Å². The molecule has 1 aromatic rings. The molecule has 0 fully saturated rings. The lowest BCUT2D eigenvalue weighted by Crippen LogP contribution is -2.27. The summed E-state index contributed by atoms with van der Waals surface area (Å²) in [6.45, 7) is 1.86. The number of hydrogen-bond acceptors (Lipinski definition) is 4. The minimum atomic E-state index is -0.953. The number of aryl methyl sites for hydroxylation is 1. The summed E-state index contributed by atoms with van der Waals surface area (Å²) in [4.78, 5) is 11.5. The second-order valence-corrected chi connectivity index (χ2v) is 4.56. The normalized spacial score (nSPS) is 13.8. The van der Waals surface area contributed by atoms with Crippen LogP contribution in [0.15, 0.2) is 24.3 Å². The highest BCUT2D eigenvalue weighted by atomic mass is 16.7. The van der Waals surface area contributed by atoms with Gasteiger partial charge in [-0.05, 0) is 24.5 Å². The van der Waals surface area contributed by atoms with E-state index < -0.39 is 24.1 Å². The highest BCUT2D eigenvalue weighted by Gasteiger charge is 2.30. The molecule has 0 aliphatic carbocycles. The molecule has 0 aromatic heterocycles. The molecule has 0 amide bonds. The smallest absolute Gasteiger partial charge is 0.311 e. The first-order chi connectivity index (χ1) is 9.54. The van der Waals surface area contributed by atoms with Crippen LogP contribution in [0.2, 0.25) is 0 Å². The first-order valence-corrected chi connectivity index (χ1v) is 6.28. The molecule has 1 aromatic carbocycles. The zero-order valence-electron chi connectivity index (χ0n) is 11.9. The number of ether oxygens (including phenoxy) is 2. The number of benzene rings is 1. The van der Waals surface area contributed by atoms with Gasteiger partial charge in [0, 0.05) is 14.2 Å². The number of carboxylic acids is 1. The second kappa shape index (κ2) is 7.63. The van der Waals surface area contributed by atoms with Gasteiger partial charge in [-0.1, -0.05) is 24.3 Å². The second-order valence-electron chi connectivity index (χ2n) is 4.56. The van der Waals surface area contributed by atoms with Crippen molar-refractivity contribution in [2.75, 3.05) is 14.2 Å². The summed E-state index contributed by atoms with van der Waals surface area (Å²) < 4.78 is 10.1. The van der Waals surface area contributed by atoms with Crippen LogP contribution < -0.4 is 0 Å². The first kappa shape index (κ1) is 16.2. The molecule has 0 saturated carbocycles. The van der Waals surface area contributed by atoms with Crippen molar-refractivity contribution in [2.45, 2.75) is 25.6 Å². The van der Waals surface area contributed by atoms with E-state index in [9.17, 15) is 15.2 Å². The third kappa shape index (κ3) is 3.80. The van der Waals surface area contributed by atoms with Crippen LogP contribution in [0.1, 0.15) is 23.5 Å². The van der Waals surface area contributed by atoms with Crippen molar-refractivity contribution in [1.82, 2.24) is 0 Å². The Morgan fingerprint density at radius 2 is 1.95 bits per heavy atom. The molecule has 20 heavy (non-hydrogen) atoms. The third-order valence-corrected chi connectivity index (χ3v) is 3.31. The fraction of sp³-hybridized carbons (Fsp3) is 0.467. The summed E-state index contributed by atoms with van der Waals surface area (Å²) in [5.74, 6) is -2.36. The highest BCUT2D eigenvalue weighted by Crippen LogP contribution is 2.29. The van der Waals surface area contributed by atoms with E-state index >= 15 is 0 Å². The van der Waals surface area contributed by atoms with E-state index in [4.69, 9.17) is 9.47 Å². The summed E-state index contributed by atoms with van der Waals surface area (Å²) in [7, 11) is 2.87. The maximum Gasteiger partial charge on any atom is 0.311 e. The number of methoxy groups -OCH3 is 2. The molecule has 108 valence electrons. The van der Waals surface area contributed by atoms with Crippen LogP contribution in [0.3, 0.4) is 0 Å². The van der Waals surface area contributed by atoms with Crippen molar-refractivity contribution in [3.05, 3.63) is 35.4 Å². The van der Waals surface area contributed by atoms with Crippen LogP contribution in [0.4, 0.5) is 0 Å². The molecular weight excluding hydrogens is 258 g/mol. The van der Waals surface area contributed by atoms with E-state index in [1.807, 2.05) is 19.1 Å². The Hall–Kier alpha value is -1.90. The van der Waals surface area contributed by atoms with Gasteiger partial charge in [-0.25, -0.2) is 0 Å². The maximum atomic E-state index is 11.5. The van der Waals surface area contributed by atoms with Gasteiger partial charge in [-0.2, -0.15) is 5.26 Å². The third-order valence-electron chi connectivity index (χ3n) is 3.31. The Kier molecular flexibility index (Phi) is 6.16. The fourth-order valence-corrected chi connectivity index (χ4v) is 2.24. The lowest BCUT2D eigenvalue weighted by atomic mass is 9.87. The molecule has 1 rings (SSSR count). The first-order valence-electron chi connectivity index (χ1n) is 6.28. The van der Waals surface area contributed by atoms with Gasteiger partial charge < -0.3 is 14.6 Å². The number of hydrogen-bond donors (Lipinski definition) is 1. The predicted molar refractivity (Wildman–Crippen MR) is 73.1 cm³/mol. The van der Waals surface area contributed by atoms with E-state index in [0.29, 0.717) is 5.56 Å². The van der Waals surface area contributed by atoms with Crippen LogP contribution in [-0.2, 0) is 14.3 Å². The van der Waals surface area contributed by atoms with Crippen molar-refractivity contribution >= 4 is 5.97 Å². The van der Waals surface area contributed by atoms with Crippen molar-refractivity contribution in [2.24, 2.45) is 5.92 Å². The molecule has 0 bridgehead atoms. The number of nitriles is 1. The van der Waals surface area contributed by atoms with Crippen LogP contribution in [0.5, 0.6) is 0 Å². The molecule has 1 N–H and O–H groups in total. The molecule has 0 heterocycles. The van der Waals surface area contributed by atoms with Crippen LogP contribution >= 0.6 is 0 Å². The number of carboxylic acid groups (broad SMARTS) is 1. The van der Waals surface area contributed by atoms with Gasteiger partial charge in [0.25, 0.3) is 0 Å². The molecular formula is C15H19NO4. The highest BCUT2D eigenvalue weighted by molar-refractivity contribution is 5.76. The van der Waals surface area contributed by atoms with Crippen LogP contribution in [-0.4, -0.2) is 31.6 Å². The maximum absolute atomic E-state index is 11.5. The van der Waals surface area contributed by atoms with Gasteiger partial charge in [0.2, 0.25) is 0 Å². The summed E-state index contributed by atoms with van der Waals surface area (Å²) in [5.41, 5.74) is 1.61. The zero-order valence-corrected chi connectivity index (χ0v) is 11.9. The Morgan fingerprint density at radius 1 is 1.35 bits per heavy atom. The van der Waals surface area contributed by atoms with Gasteiger partial charge in [-0.3, -0.25) is 4.79 Å². The number of rotatable bonds is 7. The Labute approximate surface area is 118 Å². The molecule has 0 aliphatic rings. The van der Waals surface area contributed by atoms with E-state index in [0.717, 1.165) is 5.56 Å². The lowest BCUT2D eigenvalue weighted by molar-refractivity contribution is -0.143. The Morgan fingerprint density at radius 3 is 2.40 bits per heavy atom. The largest absolute Gasteiger partial charge is 0.481 e. The SMILES string of the molecule is COC(OC)C(C#N)CC(C(=O)O)c1ccccc1C. The fourth-order valence-electron chi connectivity index (χ4n) is 2.24. The molecule has 0 saturated heterocycles. The van der Waals surface area contributed by atoms with Crippen LogP contribution in [0, 0.1) is 24.2 Å². The van der Waals surface area contributed by atoms with Crippen molar-refractivity contribution in [3.63, 3.8) is 0 Å². The van der Waals surface area contributed by atoms with Gasteiger partial charge in [-0.15, -0.1) is 0 Å². The summed E-state index contributed by atoms with van der Waals surface area (Å²) >= 11 is 0. The summed E-state index contributed by atoms with van der Waals surface area (Å²) in [6, 6.07) is 9.35. The molecule has 0 radical (unpaired) electrons. The summed E-state index contributed by atoms with van der Waals surface area (Å²) in [6.07, 6.45) is -0.589. The zero-order chi connectivity index (χ0) is 15.1. The Bertz CT molecular complexity index is 491. The number of carbonyl (C=O) groups is 1. The van der Waals surface area contributed by atoms with E-state index in [2.05, 4.69) is 6.07 Å². The predicted octanol–water partition coefficient (Wildman–Crippen LogP) is 2.31. The Balaban J connectivity index is 3.02. The van der Waals surface area contributed by atoms with Crippen molar-refractivity contribution in [1.29, 1.82) is 5.26 Å². The topological polar surface area (TPSA) is 79.5 Å². The minimum absolute atomic E-state index is 0.142. The van der Waals surface area contributed by atoms with Gasteiger partial charge >= 0.3 is 5.97 Å². The van der Waals surface area contributed by atoms with Gasteiger partial charge in [0.1, 0.15) is 0 Å². The van der Waals surface area contributed by atoms with E-state index in [1.165, 1.54) is 14.2 Å². The lowest BCUT2D eigenvalue weighted by Gasteiger charge is -2.23. The quantitative estimate of drug-likeness (QED) is 0.774. The summed E-state index contributed by atoms with van der Waals surface area (Å²) in [5, 5.41) is 18.6. The monoisotopic (exact) mass is 277 g/mol. The molecule has 0 aliphatic heterocycles. The van der Waals surface area contributed by atoms with E-state index in [-0.39, 0.29) is 6.42 Å². The average molecular weight is 277 g/mol. The number of aliphatic carboxylic acids is 1. The van der Waals surface area contributed by atoms with Crippen LogP contribution in [0.25, 0.3) is 0 Å². The minimum Gasteiger partial charge on any atom is -0.481 e. The van der Waals surface area contributed by atoms with Gasteiger partial charge in [0.15, 0.2) is 6.29 Å². The standard InChI is InChI=1S/C15H19NO4/c1-10-6-4-5-7-12(10)13(14(17)18)8-11(9-16)15(19-2)20-3/h4-7,11,13,15H,8H2,1-3H3,(H,17,18). The molecule has 5 heteroatoms. The molecule has 2 atom stereocenters. The molecule has 5 nitrogen and oxygen atoms in total. The molecule has 2 unspecified atom stereocenters. The van der Waals surface area contributed by atoms with Crippen molar-refractivity contribution in [3.8, 4) is 6.07 Å². The van der Waals surface area contributed by atoms with Gasteiger partial charge in [0.05, 0.1) is 17.9 Å². The van der Waals surface area contributed by atoms with E-state index in [1.54, 1.807) is 12.1 Å². The number of nitrogens with zero attached hydrogens (tertiary/aromatic N) is 1. The molecule has 0 spiro atoms.